The summed E-state index contributed by atoms with van der Waals surface area (Å²) in [5.41, 5.74) is 2.48. The highest BCUT2D eigenvalue weighted by Gasteiger charge is 2.01. The summed E-state index contributed by atoms with van der Waals surface area (Å²) in [5, 5.41) is 9.35. The van der Waals surface area contributed by atoms with Crippen LogP contribution in [0, 0.1) is 0 Å². The van der Waals surface area contributed by atoms with Crippen molar-refractivity contribution in [3.63, 3.8) is 0 Å². The maximum Gasteiger partial charge on any atom is 0.0966 e. The first kappa shape index (κ1) is 9.78. The van der Waals surface area contributed by atoms with Crippen molar-refractivity contribution in [3.8, 4) is 0 Å². The van der Waals surface area contributed by atoms with Crippen LogP contribution in [-0.2, 0) is 6.42 Å². The first-order chi connectivity index (χ1) is 7.34. The van der Waals surface area contributed by atoms with Crippen molar-refractivity contribution in [2.45, 2.75) is 12.8 Å². The van der Waals surface area contributed by atoms with E-state index < -0.39 is 0 Å². The summed E-state index contributed by atoms with van der Waals surface area (Å²) in [4.78, 5) is 0. The molecule has 0 heterocycles. The zero-order valence-corrected chi connectivity index (χ0v) is 8.56. The van der Waals surface area contributed by atoms with Crippen LogP contribution in [0.25, 0.3) is 0 Å². The van der Waals surface area contributed by atoms with Crippen molar-refractivity contribution in [1.29, 1.82) is 0 Å². The fraction of sp³-hybridized carbons (Fsp3) is 0.143. The highest BCUT2D eigenvalue weighted by molar-refractivity contribution is 5.33. The van der Waals surface area contributed by atoms with E-state index in [4.69, 9.17) is 0 Å². The van der Waals surface area contributed by atoms with Gasteiger partial charge in [0.15, 0.2) is 0 Å². The molecule has 0 bridgehead atoms. The highest BCUT2D eigenvalue weighted by atomic mass is 16.3. The largest absolute Gasteiger partial charge is 0.512 e. The quantitative estimate of drug-likeness (QED) is 0.770. The molecule has 1 aliphatic rings. The third-order valence-corrected chi connectivity index (χ3v) is 2.43. The Morgan fingerprint density at radius 1 is 1.20 bits per heavy atom. The molecule has 1 nitrogen and oxygen atoms in total. The molecule has 0 atom stereocenters. The zero-order chi connectivity index (χ0) is 10.5. The molecule has 2 rings (SSSR count). The van der Waals surface area contributed by atoms with Gasteiger partial charge in [0.25, 0.3) is 0 Å². The van der Waals surface area contributed by atoms with E-state index in [0.717, 1.165) is 6.42 Å². The van der Waals surface area contributed by atoms with Gasteiger partial charge in [0.1, 0.15) is 0 Å². The lowest BCUT2D eigenvalue weighted by Crippen LogP contribution is -1.90. The molecule has 15 heavy (non-hydrogen) atoms. The molecule has 0 aromatic heterocycles. The van der Waals surface area contributed by atoms with Gasteiger partial charge in [-0.3, -0.25) is 0 Å². The monoisotopic (exact) mass is 198 g/mol. The molecule has 76 valence electrons. The van der Waals surface area contributed by atoms with Crippen molar-refractivity contribution in [3.05, 3.63) is 71.5 Å². The molecular formula is C14H14O. The van der Waals surface area contributed by atoms with Gasteiger partial charge in [-0.1, -0.05) is 48.6 Å². The van der Waals surface area contributed by atoms with E-state index in [1.165, 1.54) is 11.1 Å². The Labute approximate surface area is 90.1 Å². The first-order valence-electron chi connectivity index (χ1n) is 5.14. The maximum atomic E-state index is 9.35. The van der Waals surface area contributed by atoms with Crippen molar-refractivity contribution in [2.75, 3.05) is 0 Å². The second-order valence-electron chi connectivity index (χ2n) is 3.66. The molecule has 0 unspecified atom stereocenters. The molecule has 0 fully saturated rings. The third kappa shape index (κ3) is 2.84. The number of aliphatic hydroxyl groups excluding tert-OH is 1. The SMILES string of the molecule is OC1=CC=CC(=CCc2ccccc2)C1. The zero-order valence-electron chi connectivity index (χ0n) is 8.56. The molecule has 0 spiro atoms. The van der Waals surface area contributed by atoms with Crippen LogP contribution in [0.2, 0.25) is 0 Å². The van der Waals surface area contributed by atoms with Crippen LogP contribution < -0.4 is 0 Å². The summed E-state index contributed by atoms with van der Waals surface area (Å²) >= 11 is 0. The van der Waals surface area contributed by atoms with E-state index in [2.05, 4.69) is 18.2 Å². The molecule has 1 N–H and O–H groups in total. The van der Waals surface area contributed by atoms with Gasteiger partial charge in [-0.2, -0.15) is 0 Å². The summed E-state index contributed by atoms with van der Waals surface area (Å²) in [5.74, 6) is 0.441. The minimum Gasteiger partial charge on any atom is -0.512 e. The summed E-state index contributed by atoms with van der Waals surface area (Å²) in [6.07, 6.45) is 9.41. The third-order valence-electron chi connectivity index (χ3n) is 2.43. The average molecular weight is 198 g/mol. The second-order valence-corrected chi connectivity index (χ2v) is 3.66. The van der Waals surface area contributed by atoms with E-state index in [0.29, 0.717) is 12.2 Å². The van der Waals surface area contributed by atoms with Crippen molar-refractivity contribution >= 4 is 0 Å². The molecule has 0 saturated carbocycles. The number of rotatable bonds is 2. The fourth-order valence-corrected chi connectivity index (χ4v) is 1.61. The topological polar surface area (TPSA) is 20.2 Å². The van der Waals surface area contributed by atoms with Gasteiger partial charge in [0.2, 0.25) is 0 Å². The van der Waals surface area contributed by atoms with Crippen LogP contribution in [0.5, 0.6) is 0 Å². The summed E-state index contributed by atoms with van der Waals surface area (Å²) < 4.78 is 0. The molecule has 0 radical (unpaired) electrons. The van der Waals surface area contributed by atoms with Gasteiger partial charge in [-0.05, 0) is 23.6 Å². The Morgan fingerprint density at radius 2 is 2.00 bits per heavy atom. The molecule has 0 amide bonds. The molecule has 0 saturated heterocycles. The summed E-state index contributed by atoms with van der Waals surface area (Å²) in [7, 11) is 0. The average Bonchev–Trinajstić information content (AvgIpc) is 2.28. The predicted octanol–water partition coefficient (Wildman–Crippen LogP) is 3.56. The van der Waals surface area contributed by atoms with Crippen molar-refractivity contribution in [1.82, 2.24) is 0 Å². The van der Waals surface area contributed by atoms with E-state index in [-0.39, 0.29) is 0 Å². The Hall–Kier alpha value is -1.76. The Balaban J connectivity index is 2.01. The van der Waals surface area contributed by atoms with Gasteiger partial charge >= 0.3 is 0 Å². The van der Waals surface area contributed by atoms with Gasteiger partial charge in [-0.25, -0.2) is 0 Å². The molecule has 0 aliphatic heterocycles. The van der Waals surface area contributed by atoms with E-state index >= 15 is 0 Å². The Bertz CT molecular complexity index is 410. The van der Waals surface area contributed by atoms with Crippen LogP contribution >= 0.6 is 0 Å². The molecule has 1 heteroatoms. The first-order valence-corrected chi connectivity index (χ1v) is 5.14. The van der Waals surface area contributed by atoms with E-state index in [9.17, 15) is 5.11 Å². The summed E-state index contributed by atoms with van der Waals surface area (Å²) in [6.45, 7) is 0. The fourth-order valence-electron chi connectivity index (χ4n) is 1.61. The van der Waals surface area contributed by atoms with Crippen LogP contribution in [0.4, 0.5) is 0 Å². The number of hydrogen-bond acceptors (Lipinski definition) is 1. The highest BCUT2D eigenvalue weighted by Crippen LogP contribution is 2.16. The lowest BCUT2D eigenvalue weighted by atomic mass is 10.0. The lowest BCUT2D eigenvalue weighted by Gasteiger charge is -2.06. The lowest BCUT2D eigenvalue weighted by molar-refractivity contribution is 0.398. The van der Waals surface area contributed by atoms with E-state index in [1.54, 1.807) is 6.08 Å². The molecule has 1 aromatic rings. The van der Waals surface area contributed by atoms with Gasteiger partial charge < -0.3 is 5.11 Å². The smallest absolute Gasteiger partial charge is 0.0966 e. The van der Waals surface area contributed by atoms with Crippen LogP contribution in [-0.4, -0.2) is 5.11 Å². The van der Waals surface area contributed by atoms with Crippen molar-refractivity contribution in [2.24, 2.45) is 0 Å². The minimum absolute atomic E-state index is 0.441. The second kappa shape index (κ2) is 4.65. The number of aliphatic hydroxyl groups is 1. The predicted molar refractivity (Wildman–Crippen MR) is 62.7 cm³/mol. The normalized spacial score (nSPS) is 17.9. The number of benzene rings is 1. The number of hydrogen-bond donors (Lipinski definition) is 1. The number of allylic oxidation sites excluding steroid dienone is 5. The van der Waals surface area contributed by atoms with Crippen LogP contribution in [0.3, 0.4) is 0 Å². The Kier molecular flexibility index (Phi) is 3.03. The minimum atomic E-state index is 0.441. The standard InChI is InChI=1S/C14H14O/c15-14-8-4-7-13(11-14)10-9-12-5-2-1-3-6-12/h1-8,10,15H,9,11H2. The molecule has 1 aliphatic carbocycles. The summed E-state index contributed by atoms with van der Waals surface area (Å²) in [6, 6.07) is 10.3. The van der Waals surface area contributed by atoms with Gasteiger partial charge in [-0.15, -0.1) is 0 Å². The maximum absolute atomic E-state index is 9.35. The van der Waals surface area contributed by atoms with Crippen molar-refractivity contribution < 1.29 is 5.11 Å². The van der Waals surface area contributed by atoms with Gasteiger partial charge in [0.05, 0.1) is 5.76 Å². The van der Waals surface area contributed by atoms with Crippen LogP contribution in [0.15, 0.2) is 66.0 Å². The van der Waals surface area contributed by atoms with Crippen LogP contribution in [0.1, 0.15) is 12.0 Å². The molecular weight excluding hydrogens is 184 g/mol. The molecule has 1 aromatic carbocycles. The van der Waals surface area contributed by atoms with Gasteiger partial charge in [0, 0.05) is 6.42 Å². The Morgan fingerprint density at radius 3 is 2.73 bits per heavy atom. The van der Waals surface area contributed by atoms with E-state index in [1.807, 2.05) is 30.4 Å².